The van der Waals surface area contributed by atoms with Crippen LogP contribution in [0.25, 0.3) is 0 Å². The van der Waals surface area contributed by atoms with Crippen LogP contribution in [0.3, 0.4) is 0 Å². The Kier molecular flexibility index (Phi) is 5.52. The van der Waals surface area contributed by atoms with Gasteiger partial charge < -0.3 is 15.2 Å². The molecule has 2 N–H and O–H groups in total. The summed E-state index contributed by atoms with van der Waals surface area (Å²) in [6.45, 7) is 2.10. The monoisotopic (exact) mass is 339 g/mol. The molecule has 0 aliphatic heterocycles. The summed E-state index contributed by atoms with van der Waals surface area (Å²) in [7, 11) is 1.51. The summed E-state index contributed by atoms with van der Waals surface area (Å²) < 4.78 is 5.22. The summed E-state index contributed by atoms with van der Waals surface area (Å²) in [5, 5.41) is 12.8. The lowest BCUT2D eigenvalue weighted by Gasteiger charge is -2.36. The lowest BCUT2D eigenvalue weighted by molar-refractivity contribution is -0.149. The Hall–Kier alpha value is -1.75. The van der Waals surface area contributed by atoms with E-state index in [1.165, 1.54) is 7.11 Å². The Morgan fingerprint density at radius 2 is 2.04 bits per heavy atom. The second-order valence-corrected chi connectivity index (χ2v) is 6.69. The van der Waals surface area contributed by atoms with E-state index in [4.69, 9.17) is 16.3 Å². The molecule has 1 amide bonds. The molecule has 0 heterocycles. The highest BCUT2D eigenvalue weighted by Gasteiger charge is 2.42. The number of benzene rings is 1. The number of carbonyl (C=O) groups excluding carboxylic acids is 1. The van der Waals surface area contributed by atoms with E-state index in [2.05, 4.69) is 12.2 Å². The van der Waals surface area contributed by atoms with E-state index < -0.39 is 11.5 Å². The first kappa shape index (κ1) is 17.6. The van der Waals surface area contributed by atoms with Gasteiger partial charge in [0.25, 0.3) is 0 Å². The zero-order valence-corrected chi connectivity index (χ0v) is 14.2. The summed E-state index contributed by atoms with van der Waals surface area (Å²) in [5.41, 5.74) is -0.470. The Morgan fingerprint density at radius 3 is 2.61 bits per heavy atom. The number of carboxylic acid groups (broad SMARTS) is 1. The lowest BCUT2D eigenvalue weighted by atomic mass is 9.77. The number of carbonyl (C=O) groups is 2. The van der Waals surface area contributed by atoms with Crippen molar-refractivity contribution in [2.75, 3.05) is 7.11 Å². The van der Waals surface area contributed by atoms with Crippen molar-refractivity contribution >= 4 is 23.5 Å². The SMILES string of the molecule is COc1cc(Cl)ccc1CC(=O)NC1(C(=O)O)CCC(C)CC1. The summed E-state index contributed by atoms with van der Waals surface area (Å²) in [6.07, 6.45) is 2.60. The first-order chi connectivity index (χ1) is 10.9. The van der Waals surface area contributed by atoms with Crippen molar-refractivity contribution in [2.24, 2.45) is 5.92 Å². The molecule has 1 saturated carbocycles. The number of amides is 1. The van der Waals surface area contributed by atoms with E-state index in [0.717, 1.165) is 12.8 Å². The average Bonchev–Trinajstić information content (AvgIpc) is 2.51. The maximum atomic E-state index is 12.4. The van der Waals surface area contributed by atoms with Crippen LogP contribution >= 0.6 is 11.6 Å². The van der Waals surface area contributed by atoms with E-state index in [1.54, 1.807) is 18.2 Å². The van der Waals surface area contributed by atoms with Crippen molar-refractivity contribution in [1.82, 2.24) is 5.32 Å². The Labute approximate surface area is 141 Å². The van der Waals surface area contributed by atoms with Gasteiger partial charge in [0.15, 0.2) is 0 Å². The predicted molar refractivity (Wildman–Crippen MR) is 87.8 cm³/mol. The highest BCUT2D eigenvalue weighted by molar-refractivity contribution is 6.30. The van der Waals surface area contributed by atoms with Crippen LogP contribution in [0, 0.1) is 5.92 Å². The highest BCUT2D eigenvalue weighted by atomic mass is 35.5. The quantitative estimate of drug-likeness (QED) is 0.864. The molecular formula is C17H22ClNO4. The number of ether oxygens (including phenoxy) is 1. The van der Waals surface area contributed by atoms with Crippen LogP contribution in [0.15, 0.2) is 18.2 Å². The second kappa shape index (κ2) is 7.21. The van der Waals surface area contributed by atoms with Gasteiger partial charge in [-0.15, -0.1) is 0 Å². The smallest absolute Gasteiger partial charge is 0.329 e. The van der Waals surface area contributed by atoms with Crippen LogP contribution in [-0.2, 0) is 16.0 Å². The zero-order chi connectivity index (χ0) is 17.0. The third-order valence-electron chi connectivity index (χ3n) is 4.52. The maximum Gasteiger partial charge on any atom is 0.329 e. The largest absolute Gasteiger partial charge is 0.496 e. The molecule has 126 valence electrons. The van der Waals surface area contributed by atoms with Gasteiger partial charge in [-0.3, -0.25) is 4.79 Å². The van der Waals surface area contributed by atoms with Crippen molar-refractivity contribution in [2.45, 2.75) is 44.6 Å². The van der Waals surface area contributed by atoms with Gasteiger partial charge in [0.2, 0.25) is 5.91 Å². The third-order valence-corrected chi connectivity index (χ3v) is 4.75. The molecular weight excluding hydrogens is 318 g/mol. The molecule has 1 aromatic rings. The molecule has 23 heavy (non-hydrogen) atoms. The van der Waals surface area contributed by atoms with Crippen LogP contribution in [0.1, 0.15) is 38.2 Å². The fourth-order valence-corrected chi connectivity index (χ4v) is 3.16. The molecule has 1 aliphatic carbocycles. The van der Waals surface area contributed by atoms with Crippen molar-refractivity contribution in [1.29, 1.82) is 0 Å². The van der Waals surface area contributed by atoms with Gasteiger partial charge in [-0.25, -0.2) is 4.79 Å². The Bertz CT molecular complexity index is 594. The van der Waals surface area contributed by atoms with Crippen LogP contribution in [0.5, 0.6) is 5.75 Å². The van der Waals surface area contributed by atoms with E-state index in [1.807, 2.05) is 0 Å². The molecule has 0 atom stereocenters. The molecule has 2 rings (SSSR count). The summed E-state index contributed by atoms with van der Waals surface area (Å²) in [4.78, 5) is 24.0. The highest BCUT2D eigenvalue weighted by Crippen LogP contribution is 2.32. The number of halogens is 1. The minimum Gasteiger partial charge on any atom is -0.496 e. The number of methoxy groups -OCH3 is 1. The van der Waals surface area contributed by atoms with Gasteiger partial charge in [0.05, 0.1) is 13.5 Å². The van der Waals surface area contributed by atoms with E-state index in [0.29, 0.717) is 35.1 Å². The van der Waals surface area contributed by atoms with E-state index >= 15 is 0 Å². The number of carboxylic acids is 1. The average molecular weight is 340 g/mol. The van der Waals surface area contributed by atoms with Crippen LogP contribution in [-0.4, -0.2) is 29.6 Å². The molecule has 1 fully saturated rings. The van der Waals surface area contributed by atoms with Gasteiger partial charge in [-0.1, -0.05) is 24.6 Å². The van der Waals surface area contributed by atoms with Gasteiger partial charge >= 0.3 is 5.97 Å². The summed E-state index contributed by atoms with van der Waals surface area (Å²) in [5.74, 6) is -0.256. The summed E-state index contributed by atoms with van der Waals surface area (Å²) >= 11 is 5.91. The minimum absolute atomic E-state index is 0.0604. The number of aliphatic carboxylic acids is 1. The topological polar surface area (TPSA) is 75.6 Å². The minimum atomic E-state index is -1.15. The van der Waals surface area contributed by atoms with Crippen LogP contribution < -0.4 is 10.1 Å². The fraction of sp³-hybridized carbons (Fsp3) is 0.529. The number of hydrogen-bond acceptors (Lipinski definition) is 3. The van der Waals surface area contributed by atoms with Crippen LogP contribution in [0.4, 0.5) is 0 Å². The molecule has 0 bridgehead atoms. The van der Waals surface area contributed by atoms with Crippen molar-refractivity contribution in [3.63, 3.8) is 0 Å². The molecule has 5 nitrogen and oxygen atoms in total. The number of nitrogens with one attached hydrogen (secondary N) is 1. The van der Waals surface area contributed by atoms with E-state index in [9.17, 15) is 14.7 Å². The number of hydrogen-bond donors (Lipinski definition) is 2. The van der Waals surface area contributed by atoms with E-state index in [-0.39, 0.29) is 12.3 Å². The molecule has 1 aliphatic rings. The van der Waals surface area contributed by atoms with Crippen LogP contribution in [0.2, 0.25) is 5.02 Å². The molecule has 0 radical (unpaired) electrons. The Morgan fingerprint density at radius 1 is 1.39 bits per heavy atom. The molecule has 0 aromatic heterocycles. The van der Waals surface area contributed by atoms with Crippen molar-refractivity contribution < 1.29 is 19.4 Å². The standard InChI is InChI=1S/C17H22ClNO4/c1-11-5-7-17(8-6-11,16(21)22)19-15(20)9-12-3-4-13(18)10-14(12)23-2/h3-4,10-11H,5-9H2,1-2H3,(H,19,20)(H,21,22). The van der Waals surface area contributed by atoms with Gasteiger partial charge in [-0.05, 0) is 43.7 Å². The molecule has 0 spiro atoms. The first-order valence-electron chi connectivity index (χ1n) is 7.73. The lowest BCUT2D eigenvalue weighted by Crippen LogP contribution is -2.56. The normalized spacial score (nSPS) is 24.0. The van der Waals surface area contributed by atoms with Crippen molar-refractivity contribution in [3.05, 3.63) is 28.8 Å². The van der Waals surface area contributed by atoms with Gasteiger partial charge in [0.1, 0.15) is 11.3 Å². The van der Waals surface area contributed by atoms with Gasteiger partial charge in [-0.2, -0.15) is 0 Å². The zero-order valence-electron chi connectivity index (χ0n) is 13.4. The first-order valence-corrected chi connectivity index (χ1v) is 8.11. The molecule has 0 unspecified atom stereocenters. The fourth-order valence-electron chi connectivity index (χ4n) is 3.00. The third kappa shape index (κ3) is 4.16. The summed E-state index contributed by atoms with van der Waals surface area (Å²) in [6, 6.07) is 5.04. The Balaban J connectivity index is 2.10. The second-order valence-electron chi connectivity index (χ2n) is 6.25. The number of rotatable bonds is 5. The molecule has 1 aromatic carbocycles. The molecule has 0 saturated heterocycles. The maximum absolute atomic E-state index is 12.4. The predicted octanol–water partition coefficient (Wildman–Crippen LogP) is 3.04. The van der Waals surface area contributed by atoms with Gasteiger partial charge in [0, 0.05) is 10.6 Å². The molecule has 6 heteroatoms. The van der Waals surface area contributed by atoms with Crippen molar-refractivity contribution in [3.8, 4) is 5.75 Å².